The van der Waals surface area contributed by atoms with E-state index in [4.69, 9.17) is 30.9 Å². The molecule has 2 aromatic heterocycles. The van der Waals surface area contributed by atoms with Crippen molar-refractivity contribution in [2.75, 3.05) is 18.3 Å². The second-order valence-corrected chi connectivity index (χ2v) is 9.92. The standard InChI is InChI=1S/C21H25ClN3O7P/c1-12(13-5-3-2-4-6-13)23-15-9-17(22)24-20-14(15)7-8-25(20)21-19(27)18(26)16(32-21)10-31-11-33(28,29)30/h2-9,12,16,18-19,21,26-27H,10-11H2,1H3,(H,23,24)(H2,28,29,30)/t12?,16-,18-,19-,21-/m1/s1. The maximum atomic E-state index is 11.0. The Balaban J connectivity index is 1.57. The van der Waals surface area contributed by atoms with Crippen molar-refractivity contribution in [3.05, 3.63) is 59.4 Å². The molecule has 5 N–H and O–H groups in total. The first-order chi connectivity index (χ1) is 15.6. The molecule has 3 heterocycles. The molecule has 1 aromatic carbocycles. The van der Waals surface area contributed by atoms with E-state index < -0.39 is 38.5 Å². The molecular weight excluding hydrogens is 473 g/mol. The van der Waals surface area contributed by atoms with Crippen LogP contribution in [0, 0.1) is 0 Å². The molecule has 12 heteroatoms. The van der Waals surface area contributed by atoms with Crippen LogP contribution in [0.3, 0.4) is 0 Å². The minimum atomic E-state index is -4.36. The second kappa shape index (κ2) is 9.69. The highest BCUT2D eigenvalue weighted by molar-refractivity contribution is 7.51. The van der Waals surface area contributed by atoms with Gasteiger partial charge in [-0.2, -0.15) is 0 Å². The Labute approximate surface area is 194 Å². The van der Waals surface area contributed by atoms with E-state index in [-0.39, 0.29) is 17.8 Å². The molecule has 3 aromatic rings. The molecule has 1 saturated heterocycles. The van der Waals surface area contributed by atoms with Crippen LogP contribution in [0.25, 0.3) is 11.0 Å². The largest absolute Gasteiger partial charge is 0.387 e. The normalized spacial score (nSPS) is 24.3. The number of nitrogens with one attached hydrogen (secondary N) is 1. The number of pyridine rings is 1. The number of aromatic nitrogens is 2. The fraction of sp³-hybridized carbons (Fsp3) is 0.381. The number of aliphatic hydroxyl groups is 2. The number of anilines is 1. The predicted octanol–water partition coefficient (Wildman–Crippen LogP) is 2.63. The Bertz CT molecular complexity index is 1160. The van der Waals surface area contributed by atoms with Crippen LogP contribution in [0.4, 0.5) is 5.69 Å². The Morgan fingerprint density at radius 3 is 2.67 bits per heavy atom. The highest BCUT2D eigenvalue weighted by atomic mass is 35.5. The van der Waals surface area contributed by atoms with Crippen molar-refractivity contribution in [1.29, 1.82) is 0 Å². The number of ether oxygens (including phenoxy) is 2. The van der Waals surface area contributed by atoms with Gasteiger partial charge in [-0.3, -0.25) is 4.57 Å². The summed E-state index contributed by atoms with van der Waals surface area (Å²) >= 11 is 6.28. The lowest BCUT2D eigenvalue weighted by atomic mass is 10.1. The van der Waals surface area contributed by atoms with Gasteiger partial charge in [-0.25, -0.2) is 4.98 Å². The van der Waals surface area contributed by atoms with Gasteiger partial charge in [0, 0.05) is 23.3 Å². The van der Waals surface area contributed by atoms with Gasteiger partial charge in [-0.1, -0.05) is 41.9 Å². The lowest BCUT2D eigenvalue weighted by Crippen LogP contribution is -2.33. The molecule has 0 amide bonds. The summed E-state index contributed by atoms with van der Waals surface area (Å²) in [6, 6.07) is 13.4. The molecule has 178 valence electrons. The van der Waals surface area contributed by atoms with Crippen LogP contribution in [0.1, 0.15) is 24.8 Å². The molecule has 1 fully saturated rings. The zero-order valence-electron chi connectivity index (χ0n) is 17.7. The summed E-state index contributed by atoms with van der Waals surface area (Å²) in [4.78, 5) is 22.2. The van der Waals surface area contributed by atoms with Crippen molar-refractivity contribution in [2.24, 2.45) is 0 Å². The van der Waals surface area contributed by atoms with Crippen LogP contribution in [0.5, 0.6) is 0 Å². The number of rotatable bonds is 8. The summed E-state index contributed by atoms with van der Waals surface area (Å²) in [6.07, 6.45) is -3.75. The smallest absolute Gasteiger partial charge is 0.350 e. The van der Waals surface area contributed by atoms with E-state index >= 15 is 0 Å². The molecule has 5 atom stereocenters. The quantitative estimate of drug-likeness (QED) is 0.234. The van der Waals surface area contributed by atoms with Crippen LogP contribution < -0.4 is 5.32 Å². The predicted molar refractivity (Wildman–Crippen MR) is 122 cm³/mol. The third kappa shape index (κ3) is 5.40. The van der Waals surface area contributed by atoms with Crippen molar-refractivity contribution < 1.29 is 34.0 Å². The van der Waals surface area contributed by atoms with Gasteiger partial charge in [-0.15, -0.1) is 0 Å². The summed E-state index contributed by atoms with van der Waals surface area (Å²) in [6.45, 7) is 1.73. The monoisotopic (exact) mass is 497 g/mol. The van der Waals surface area contributed by atoms with E-state index in [9.17, 15) is 14.8 Å². The Morgan fingerprint density at radius 2 is 1.97 bits per heavy atom. The number of hydrogen-bond donors (Lipinski definition) is 5. The fourth-order valence-electron chi connectivity index (χ4n) is 3.87. The number of benzene rings is 1. The Morgan fingerprint density at radius 1 is 1.24 bits per heavy atom. The van der Waals surface area contributed by atoms with Gasteiger partial charge in [0.1, 0.15) is 35.5 Å². The first-order valence-corrected chi connectivity index (χ1v) is 12.4. The zero-order valence-corrected chi connectivity index (χ0v) is 19.3. The van der Waals surface area contributed by atoms with Gasteiger partial charge in [0.05, 0.1) is 6.61 Å². The molecule has 1 unspecified atom stereocenters. The van der Waals surface area contributed by atoms with Crippen molar-refractivity contribution in [1.82, 2.24) is 9.55 Å². The summed E-state index contributed by atoms with van der Waals surface area (Å²) < 4.78 is 23.3. The van der Waals surface area contributed by atoms with Gasteiger partial charge in [0.25, 0.3) is 0 Å². The van der Waals surface area contributed by atoms with E-state index in [1.165, 1.54) is 0 Å². The summed E-state index contributed by atoms with van der Waals surface area (Å²) in [5, 5.41) is 25.3. The van der Waals surface area contributed by atoms with Gasteiger partial charge in [0.15, 0.2) is 6.23 Å². The Kier molecular flexibility index (Phi) is 7.09. The van der Waals surface area contributed by atoms with Gasteiger partial charge < -0.3 is 39.4 Å². The highest BCUT2D eigenvalue weighted by Gasteiger charge is 2.44. The van der Waals surface area contributed by atoms with E-state index in [0.29, 0.717) is 5.65 Å². The third-order valence-electron chi connectivity index (χ3n) is 5.48. The molecule has 0 bridgehead atoms. The highest BCUT2D eigenvalue weighted by Crippen LogP contribution is 2.37. The average molecular weight is 498 g/mol. The number of aliphatic hydroxyl groups excluding tert-OH is 2. The lowest BCUT2D eigenvalue weighted by molar-refractivity contribution is -0.0610. The van der Waals surface area contributed by atoms with Crippen molar-refractivity contribution in [2.45, 2.75) is 37.5 Å². The molecule has 1 aliphatic heterocycles. The molecule has 0 saturated carbocycles. The van der Waals surface area contributed by atoms with Crippen molar-refractivity contribution >= 4 is 35.9 Å². The molecule has 33 heavy (non-hydrogen) atoms. The van der Waals surface area contributed by atoms with Crippen LogP contribution in [0.2, 0.25) is 5.15 Å². The molecule has 0 aliphatic carbocycles. The molecule has 1 aliphatic rings. The number of fused-ring (bicyclic) bond motifs is 1. The SMILES string of the molecule is CC(Nc1cc(Cl)nc2c1ccn2[C@@H]1O[C@H](COCP(=O)(O)O)[C@@H](O)[C@H]1O)c1ccccc1. The first-order valence-electron chi connectivity index (χ1n) is 10.3. The third-order valence-corrected chi connectivity index (χ3v) is 6.19. The molecule has 0 spiro atoms. The minimum Gasteiger partial charge on any atom is -0.387 e. The van der Waals surface area contributed by atoms with Gasteiger partial charge >= 0.3 is 7.60 Å². The lowest BCUT2D eigenvalue weighted by Gasteiger charge is -2.19. The van der Waals surface area contributed by atoms with Crippen molar-refractivity contribution in [3.8, 4) is 0 Å². The van der Waals surface area contributed by atoms with Crippen molar-refractivity contribution in [3.63, 3.8) is 0 Å². The summed E-state index contributed by atoms with van der Waals surface area (Å²) in [5.41, 5.74) is 2.28. The Hall–Kier alpha value is -2.01. The maximum Gasteiger partial charge on any atom is 0.350 e. The van der Waals surface area contributed by atoms with E-state index in [1.807, 2.05) is 37.3 Å². The fourth-order valence-corrected chi connectivity index (χ4v) is 4.40. The molecule has 0 radical (unpaired) electrons. The summed E-state index contributed by atoms with van der Waals surface area (Å²) in [7, 11) is -4.36. The van der Waals surface area contributed by atoms with Crippen LogP contribution >= 0.6 is 19.2 Å². The zero-order chi connectivity index (χ0) is 23.8. The summed E-state index contributed by atoms with van der Waals surface area (Å²) in [5.74, 6) is 0. The molecule has 4 rings (SSSR count). The maximum absolute atomic E-state index is 11.0. The van der Waals surface area contributed by atoms with Crippen LogP contribution in [-0.4, -0.2) is 60.8 Å². The van der Waals surface area contributed by atoms with E-state index in [1.54, 1.807) is 22.9 Å². The van der Waals surface area contributed by atoms with Crippen LogP contribution in [-0.2, 0) is 14.0 Å². The van der Waals surface area contributed by atoms with Gasteiger partial charge in [0.2, 0.25) is 0 Å². The number of hydrogen-bond acceptors (Lipinski definition) is 7. The minimum absolute atomic E-state index is 0.0121. The number of nitrogens with zero attached hydrogens (tertiary/aromatic N) is 2. The molecular formula is C21H25ClN3O7P. The van der Waals surface area contributed by atoms with E-state index in [2.05, 4.69) is 10.3 Å². The topological polar surface area (TPSA) is 146 Å². The first kappa shape index (κ1) is 24.1. The second-order valence-electron chi connectivity index (χ2n) is 7.94. The van der Waals surface area contributed by atoms with E-state index in [0.717, 1.165) is 16.6 Å². The average Bonchev–Trinajstić information content (AvgIpc) is 3.29. The molecule has 10 nitrogen and oxygen atoms in total. The van der Waals surface area contributed by atoms with Crippen LogP contribution in [0.15, 0.2) is 48.7 Å². The number of halogens is 1. The van der Waals surface area contributed by atoms with Gasteiger partial charge in [-0.05, 0) is 24.6 Å².